The van der Waals surface area contributed by atoms with Crippen LogP contribution < -0.4 is 0 Å². The van der Waals surface area contributed by atoms with Crippen molar-refractivity contribution in [1.82, 2.24) is 4.57 Å². The van der Waals surface area contributed by atoms with Gasteiger partial charge in [-0.3, -0.25) is 0 Å². The molecule has 0 amide bonds. The van der Waals surface area contributed by atoms with Crippen molar-refractivity contribution in [3.63, 3.8) is 0 Å². The van der Waals surface area contributed by atoms with E-state index >= 15 is 0 Å². The molecule has 17 heavy (non-hydrogen) atoms. The van der Waals surface area contributed by atoms with Gasteiger partial charge in [0.2, 0.25) is 0 Å². The molecule has 0 spiro atoms. The van der Waals surface area contributed by atoms with E-state index in [-0.39, 0.29) is 28.5 Å². The molecule has 0 aliphatic rings. The fraction of sp³-hybridized carbons (Fsp3) is 0.400. The van der Waals surface area contributed by atoms with Crippen LogP contribution in [0.1, 0.15) is 33.3 Å². The standard InChI is InChI=1S/C10H11N.2C2H6.CH3.W/c1-8-7-11(2)10-6-4-3-5-9(8)10;2*1-2;;/h3-7H,1-2H3;2*1-2H3;1H3;/q;;;-1;. The summed E-state index contributed by atoms with van der Waals surface area (Å²) in [5.74, 6) is 0. The van der Waals surface area contributed by atoms with Crippen molar-refractivity contribution in [2.75, 3.05) is 0 Å². The quantitative estimate of drug-likeness (QED) is 0.546. The number of para-hydroxylation sites is 1. The predicted molar refractivity (Wildman–Crippen MR) is 76.8 cm³/mol. The second-order valence-electron chi connectivity index (χ2n) is 2.94. The van der Waals surface area contributed by atoms with Crippen LogP contribution in [0, 0.1) is 14.4 Å². The van der Waals surface area contributed by atoms with Crippen LogP contribution in [-0.4, -0.2) is 4.57 Å². The van der Waals surface area contributed by atoms with Gasteiger partial charge in [-0.1, -0.05) is 45.9 Å². The second-order valence-corrected chi connectivity index (χ2v) is 2.94. The number of aryl methyl sites for hydroxylation is 2. The molecule has 0 radical (unpaired) electrons. The Morgan fingerprint density at radius 2 is 1.41 bits per heavy atom. The van der Waals surface area contributed by atoms with Gasteiger partial charge in [-0.25, -0.2) is 0 Å². The molecule has 2 aromatic rings. The molecule has 0 saturated heterocycles. The van der Waals surface area contributed by atoms with E-state index in [1.807, 2.05) is 27.7 Å². The maximum Gasteiger partial charge on any atom is 0.0480 e. The first kappa shape index (κ1) is 21.7. The van der Waals surface area contributed by atoms with Crippen molar-refractivity contribution in [2.45, 2.75) is 34.6 Å². The SMILES string of the molecule is CC.CC.Cc1cn(C)c2ccccc12.[CH3-].[W]. The molecule has 1 heterocycles. The Balaban J connectivity index is -0.000000299. The molecule has 0 N–H and O–H groups in total. The van der Waals surface area contributed by atoms with Crippen LogP contribution in [-0.2, 0) is 28.1 Å². The summed E-state index contributed by atoms with van der Waals surface area (Å²) in [6.07, 6.45) is 2.16. The zero-order valence-corrected chi connectivity index (χ0v) is 15.2. The molecule has 0 bridgehead atoms. The van der Waals surface area contributed by atoms with Gasteiger partial charge in [0.15, 0.2) is 0 Å². The first-order valence-electron chi connectivity index (χ1n) is 5.80. The summed E-state index contributed by atoms with van der Waals surface area (Å²) in [5, 5.41) is 1.36. The molecule has 2 heteroatoms. The molecule has 1 nitrogen and oxygen atoms in total. The van der Waals surface area contributed by atoms with Crippen molar-refractivity contribution in [3.05, 3.63) is 43.5 Å². The van der Waals surface area contributed by atoms with Crippen LogP contribution in [0.4, 0.5) is 0 Å². The van der Waals surface area contributed by atoms with E-state index in [9.17, 15) is 0 Å². The molecule has 0 aliphatic heterocycles. The predicted octanol–water partition coefficient (Wildman–Crippen LogP) is 4.99. The second kappa shape index (κ2) is 11.9. The molecule has 1 aromatic carbocycles. The van der Waals surface area contributed by atoms with Gasteiger partial charge < -0.3 is 12.0 Å². The summed E-state index contributed by atoms with van der Waals surface area (Å²) >= 11 is 0. The summed E-state index contributed by atoms with van der Waals surface area (Å²) < 4.78 is 2.16. The van der Waals surface area contributed by atoms with Gasteiger partial charge >= 0.3 is 0 Å². The number of hydrogen-bond acceptors (Lipinski definition) is 0. The minimum atomic E-state index is 0. The van der Waals surface area contributed by atoms with Crippen molar-refractivity contribution in [3.8, 4) is 0 Å². The molecule has 0 aliphatic carbocycles. The van der Waals surface area contributed by atoms with Crippen LogP contribution in [0.2, 0.25) is 0 Å². The van der Waals surface area contributed by atoms with Gasteiger partial charge in [-0.05, 0) is 18.6 Å². The average Bonchev–Trinajstić information content (AvgIpc) is 2.61. The van der Waals surface area contributed by atoms with E-state index in [0.29, 0.717) is 0 Å². The molecule has 1 aromatic heterocycles. The van der Waals surface area contributed by atoms with Gasteiger partial charge in [0.1, 0.15) is 0 Å². The zero-order valence-electron chi connectivity index (χ0n) is 12.2. The monoisotopic (exact) mass is 404 g/mol. The third-order valence-corrected chi connectivity index (χ3v) is 2.10. The molecule has 98 valence electrons. The van der Waals surface area contributed by atoms with Gasteiger partial charge in [-0.15, -0.1) is 0 Å². The minimum Gasteiger partial charge on any atom is -0.358 e. The van der Waals surface area contributed by atoms with Crippen LogP contribution in [0.25, 0.3) is 10.9 Å². The summed E-state index contributed by atoms with van der Waals surface area (Å²) in [7, 11) is 2.08. The van der Waals surface area contributed by atoms with Crippen LogP contribution in [0.5, 0.6) is 0 Å². The Morgan fingerprint density at radius 3 is 1.88 bits per heavy atom. The average molecular weight is 404 g/mol. The van der Waals surface area contributed by atoms with Crippen LogP contribution in [0.3, 0.4) is 0 Å². The summed E-state index contributed by atoms with van der Waals surface area (Å²) in [5.41, 5.74) is 2.66. The van der Waals surface area contributed by atoms with Crippen molar-refractivity contribution in [2.24, 2.45) is 7.05 Å². The minimum absolute atomic E-state index is 0. The Morgan fingerprint density at radius 1 is 0.941 bits per heavy atom. The molecule has 0 fully saturated rings. The Bertz CT molecular complexity index is 355. The smallest absolute Gasteiger partial charge is 0.0480 e. The van der Waals surface area contributed by atoms with Crippen LogP contribution in [0.15, 0.2) is 30.5 Å². The fourth-order valence-electron chi connectivity index (χ4n) is 1.54. The van der Waals surface area contributed by atoms with E-state index in [2.05, 4.69) is 49.0 Å². The third kappa shape index (κ3) is 5.54. The van der Waals surface area contributed by atoms with Gasteiger partial charge in [0.25, 0.3) is 0 Å². The molecule has 0 unspecified atom stereocenters. The van der Waals surface area contributed by atoms with Gasteiger partial charge in [0, 0.05) is 45.2 Å². The molecule has 2 rings (SSSR count). The largest absolute Gasteiger partial charge is 0.358 e. The van der Waals surface area contributed by atoms with Crippen molar-refractivity contribution >= 4 is 10.9 Å². The topological polar surface area (TPSA) is 4.93 Å². The zero-order chi connectivity index (χ0) is 11.8. The first-order chi connectivity index (χ1) is 7.29. The molecule has 0 saturated carbocycles. The van der Waals surface area contributed by atoms with Gasteiger partial charge in [0.05, 0.1) is 0 Å². The van der Waals surface area contributed by atoms with E-state index in [1.165, 1.54) is 16.5 Å². The number of nitrogens with zero attached hydrogens (tertiary/aromatic N) is 1. The van der Waals surface area contributed by atoms with Crippen LogP contribution >= 0.6 is 0 Å². The first-order valence-corrected chi connectivity index (χ1v) is 5.80. The Kier molecular flexibility index (Phi) is 15.2. The number of aromatic nitrogens is 1. The molecule has 0 atom stereocenters. The normalized spacial score (nSPS) is 7.65. The number of fused-ring (bicyclic) bond motifs is 1. The number of benzene rings is 1. The Labute approximate surface area is 121 Å². The maximum absolute atomic E-state index is 2.16. The number of hydrogen-bond donors (Lipinski definition) is 0. The van der Waals surface area contributed by atoms with Crippen molar-refractivity contribution < 1.29 is 21.1 Å². The Hall–Kier alpha value is -0.552. The third-order valence-electron chi connectivity index (χ3n) is 2.10. The summed E-state index contributed by atoms with van der Waals surface area (Å²) in [6, 6.07) is 8.45. The molecular weight excluding hydrogens is 378 g/mol. The maximum atomic E-state index is 2.16. The summed E-state index contributed by atoms with van der Waals surface area (Å²) in [6.45, 7) is 10.1. The number of rotatable bonds is 0. The molecular formula is C15H26NW-. The fourth-order valence-corrected chi connectivity index (χ4v) is 1.54. The van der Waals surface area contributed by atoms with E-state index < -0.39 is 0 Å². The van der Waals surface area contributed by atoms with Gasteiger partial charge in [-0.2, -0.15) is 0 Å². The van der Waals surface area contributed by atoms with E-state index in [1.54, 1.807) is 0 Å². The van der Waals surface area contributed by atoms with E-state index in [0.717, 1.165) is 0 Å². The van der Waals surface area contributed by atoms with E-state index in [4.69, 9.17) is 0 Å². The summed E-state index contributed by atoms with van der Waals surface area (Å²) in [4.78, 5) is 0. The van der Waals surface area contributed by atoms with Crippen molar-refractivity contribution in [1.29, 1.82) is 0 Å².